The molecule has 0 bridgehead atoms. The lowest BCUT2D eigenvalue weighted by molar-refractivity contribution is -0.134. The fourth-order valence-electron chi connectivity index (χ4n) is 5.79. The molecule has 1 amide bonds. The Morgan fingerprint density at radius 2 is 0.889 bits per heavy atom. The maximum atomic E-state index is 12.8. The molecule has 264 valence electrons. The van der Waals surface area contributed by atoms with Crippen molar-refractivity contribution in [3.05, 3.63) is 0 Å². The average molecular weight is 776 g/mol. The lowest BCUT2D eigenvalue weighted by Gasteiger charge is -2.35. The van der Waals surface area contributed by atoms with Gasteiger partial charge < -0.3 is 38.1 Å². The number of carbonyl (C=O) groups is 2. The number of rotatable bonds is 24. The van der Waals surface area contributed by atoms with Gasteiger partial charge in [0.05, 0.1) is 91.4 Å². The highest BCUT2D eigenvalue weighted by Gasteiger charge is 2.57. The molecule has 2 heterocycles. The van der Waals surface area contributed by atoms with Gasteiger partial charge in [-0.05, 0) is 61.8 Å². The van der Waals surface area contributed by atoms with Crippen molar-refractivity contribution in [2.24, 2.45) is 5.92 Å². The summed E-state index contributed by atoms with van der Waals surface area (Å²) in [6.07, 6.45) is 0.689. The molecule has 2 saturated heterocycles. The van der Waals surface area contributed by atoms with Crippen LogP contribution in [-0.2, 0) is 42.7 Å². The number of Topliss-reactive ketones (excluding diaryl/α,β-unsaturated/α-hetero) is 1. The van der Waals surface area contributed by atoms with Crippen molar-refractivity contribution in [1.82, 2.24) is 12.8 Å². The summed E-state index contributed by atoms with van der Waals surface area (Å²) >= 11 is 7.13. The first kappa shape index (κ1) is 40.9. The Labute approximate surface area is 287 Å². The highest BCUT2D eigenvalue weighted by atomic mass is 79.9. The molecule has 2 aliphatic rings. The topological polar surface area (TPSA) is 108 Å². The third kappa shape index (κ3) is 11.4. The highest BCUT2D eigenvalue weighted by Crippen LogP contribution is 2.46. The first-order valence-electron chi connectivity index (χ1n) is 15.9. The van der Waals surface area contributed by atoms with E-state index in [4.69, 9.17) is 33.2 Å². The van der Waals surface area contributed by atoms with Crippen LogP contribution in [0.2, 0.25) is 0 Å². The van der Waals surface area contributed by atoms with Crippen LogP contribution in [-0.4, -0.2) is 146 Å². The zero-order valence-corrected chi connectivity index (χ0v) is 31.8. The van der Waals surface area contributed by atoms with E-state index >= 15 is 0 Å². The van der Waals surface area contributed by atoms with Gasteiger partial charge in [-0.2, -0.15) is 0 Å². The molecule has 1 atom stereocenters. The van der Waals surface area contributed by atoms with Gasteiger partial charge in [0.25, 0.3) is 0 Å². The molecule has 2 fully saturated rings. The number of ketones is 1. The van der Waals surface area contributed by atoms with Gasteiger partial charge in [-0.1, -0.05) is 0 Å². The first-order chi connectivity index (χ1) is 21.1. The van der Waals surface area contributed by atoms with Gasteiger partial charge in [0.15, 0.2) is 5.78 Å². The number of hydrogen-bond donors (Lipinski definition) is 0. The van der Waals surface area contributed by atoms with Crippen LogP contribution in [0.4, 0.5) is 0 Å². The van der Waals surface area contributed by atoms with Gasteiger partial charge in [0.2, 0.25) is 5.91 Å². The number of halogens is 2. The molecular weight excluding hydrogens is 718 g/mol. The Bertz CT molecular complexity index is 838. The van der Waals surface area contributed by atoms with Gasteiger partial charge >= 0.3 is 0 Å². The van der Waals surface area contributed by atoms with Crippen molar-refractivity contribution in [2.45, 2.75) is 84.1 Å². The number of carbonyl (C=O) groups excluding carboxylic acids is 2. The first-order valence-corrected chi connectivity index (χ1v) is 17.3. The standard InChI is InChI=1S/C31H57Br2N3O9/c1-28(2)25(26(37)29(3,4)35(28)32)9-11-39-13-15-41-17-19-43-21-23-45-24-22-44-20-18-42-16-14-40-12-10-34-27(38)30(5,6)36(33)31(34,7)8/h25H,9-24H2,1-8H3. The van der Waals surface area contributed by atoms with Crippen LogP contribution >= 0.6 is 32.3 Å². The van der Waals surface area contributed by atoms with Crippen molar-refractivity contribution >= 4 is 44.0 Å². The van der Waals surface area contributed by atoms with Gasteiger partial charge in [-0.3, -0.25) is 9.59 Å². The van der Waals surface area contributed by atoms with Crippen LogP contribution in [0.15, 0.2) is 0 Å². The zero-order chi connectivity index (χ0) is 33.7. The summed E-state index contributed by atoms with van der Waals surface area (Å²) < 4.78 is 42.9. The molecular formula is C31H57Br2N3O9. The van der Waals surface area contributed by atoms with Crippen LogP contribution in [0.3, 0.4) is 0 Å². The van der Waals surface area contributed by atoms with Gasteiger partial charge in [0.1, 0.15) is 11.2 Å². The summed E-state index contributed by atoms with van der Waals surface area (Å²) in [6, 6.07) is 0. The second-order valence-corrected chi connectivity index (χ2v) is 14.7. The fourth-order valence-corrected chi connectivity index (χ4v) is 6.56. The second kappa shape index (κ2) is 19.1. The van der Waals surface area contributed by atoms with Crippen molar-refractivity contribution in [1.29, 1.82) is 0 Å². The molecule has 45 heavy (non-hydrogen) atoms. The molecule has 1 unspecified atom stereocenters. The van der Waals surface area contributed by atoms with Crippen molar-refractivity contribution in [3.8, 4) is 0 Å². The number of amides is 1. The largest absolute Gasteiger partial charge is 0.379 e. The van der Waals surface area contributed by atoms with Crippen molar-refractivity contribution < 1.29 is 42.7 Å². The quantitative estimate of drug-likeness (QED) is 0.106. The van der Waals surface area contributed by atoms with E-state index in [9.17, 15) is 9.59 Å². The van der Waals surface area contributed by atoms with E-state index in [0.29, 0.717) is 105 Å². The SMILES string of the molecule is CC1(C)C(=O)C(CCOCCOCCOCCOCCOCCOCCOCCN2C(=O)C(C)(C)N(Br)C2(C)C)C(C)(C)N1Br. The van der Waals surface area contributed by atoms with E-state index in [-0.39, 0.29) is 23.1 Å². The number of hydrogen-bond acceptors (Lipinski definition) is 11. The van der Waals surface area contributed by atoms with Crippen LogP contribution < -0.4 is 0 Å². The van der Waals surface area contributed by atoms with Gasteiger partial charge in [0, 0.05) is 56.9 Å². The van der Waals surface area contributed by atoms with E-state index in [1.165, 1.54) is 0 Å². The Morgan fingerprint density at radius 1 is 0.533 bits per heavy atom. The molecule has 0 aromatic heterocycles. The molecule has 2 aliphatic heterocycles. The predicted octanol–water partition coefficient (Wildman–Crippen LogP) is 3.83. The van der Waals surface area contributed by atoms with E-state index in [1.807, 2.05) is 54.3 Å². The van der Waals surface area contributed by atoms with Crippen LogP contribution in [0.25, 0.3) is 0 Å². The van der Waals surface area contributed by atoms with Gasteiger partial charge in [-0.15, -0.1) is 0 Å². The summed E-state index contributed by atoms with van der Waals surface area (Å²) in [6.45, 7) is 23.2. The molecule has 0 N–H and O–H groups in total. The minimum absolute atomic E-state index is 0.0748. The van der Waals surface area contributed by atoms with E-state index < -0.39 is 16.7 Å². The number of ether oxygens (including phenoxy) is 7. The lowest BCUT2D eigenvalue weighted by Crippen LogP contribution is -2.47. The van der Waals surface area contributed by atoms with Crippen molar-refractivity contribution in [2.75, 3.05) is 99.0 Å². The molecule has 0 aromatic carbocycles. The summed E-state index contributed by atoms with van der Waals surface area (Å²) in [7, 11) is 0. The molecule has 12 nitrogen and oxygen atoms in total. The summed E-state index contributed by atoms with van der Waals surface area (Å²) in [5, 5.41) is 0. The summed E-state index contributed by atoms with van der Waals surface area (Å²) in [5.41, 5.74) is -1.79. The number of nitrogens with zero attached hydrogens (tertiary/aromatic N) is 3. The minimum atomic E-state index is -0.592. The van der Waals surface area contributed by atoms with E-state index in [0.717, 1.165) is 0 Å². The summed E-state index contributed by atoms with van der Waals surface area (Å²) in [4.78, 5) is 27.3. The Balaban J connectivity index is 1.30. The fraction of sp³-hybridized carbons (Fsp3) is 0.935. The maximum Gasteiger partial charge on any atom is 0.245 e. The van der Waals surface area contributed by atoms with Crippen LogP contribution in [0.1, 0.15) is 61.8 Å². The lowest BCUT2D eigenvalue weighted by atomic mass is 9.84. The zero-order valence-electron chi connectivity index (χ0n) is 28.7. The summed E-state index contributed by atoms with van der Waals surface area (Å²) in [5.74, 6) is 0.245. The third-order valence-corrected chi connectivity index (χ3v) is 12.0. The van der Waals surface area contributed by atoms with E-state index in [1.54, 1.807) is 0 Å². The monoisotopic (exact) mass is 773 g/mol. The van der Waals surface area contributed by atoms with Crippen LogP contribution in [0, 0.1) is 5.92 Å². The van der Waals surface area contributed by atoms with Crippen molar-refractivity contribution in [3.63, 3.8) is 0 Å². The third-order valence-electron chi connectivity index (χ3n) is 8.41. The minimum Gasteiger partial charge on any atom is -0.379 e. The molecule has 0 aliphatic carbocycles. The molecule has 0 spiro atoms. The van der Waals surface area contributed by atoms with Gasteiger partial charge in [-0.25, -0.2) is 7.85 Å². The second-order valence-electron chi connectivity index (χ2n) is 13.3. The Kier molecular flexibility index (Phi) is 17.3. The molecule has 14 heteroatoms. The molecule has 0 radical (unpaired) electrons. The molecule has 0 saturated carbocycles. The predicted molar refractivity (Wildman–Crippen MR) is 178 cm³/mol. The van der Waals surface area contributed by atoms with Crippen LogP contribution in [0.5, 0.6) is 0 Å². The maximum absolute atomic E-state index is 12.8. The molecule has 0 aromatic rings. The molecule has 2 rings (SSSR count). The average Bonchev–Trinajstić information content (AvgIpc) is 3.17. The normalized spacial score (nSPS) is 22.6. The smallest absolute Gasteiger partial charge is 0.245 e. The van der Waals surface area contributed by atoms with E-state index in [2.05, 4.69) is 46.1 Å². The Hall–Kier alpha value is -0.260. The highest BCUT2D eigenvalue weighted by molar-refractivity contribution is 9.07. The Morgan fingerprint density at radius 3 is 1.20 bits per heavy atom.